The first-order chi connectivity index (χ1) is 11.8. The van der Waals surface area contributed by atoms with Gasteiger partial charge in [0.1, 0.15) is 0 Å². The summed E-state index contributed by atoms with van der Waals surface area (Å²) in [6.07, 6.45) is 6.24. The van der Waals surface area contributed by atoms with E-state index in [-0.39, 0.29) is 34.9 Å². The Morgan fingerprint density at radius 2 is 2.04 bits per heavy atom. The molecular formula is C21H32O4. The maximum absolute atomic E-state index is 11.3. The number of carbonyl (C=O) groups excluding carboxylic acids is 1. The van der Waals surface area contributed by atoms with Crippen LogP contribution in [0.2, 0.25) is 0 Å². The van der Waals surface area contributed by atoms with E-state index in [0.29, 0.717) is 24.4 Å². The standard InChI is InChI=1S/C21H32O4/c1-12-14-4-5-18-20(3)10-16(23)8-15(11-25-13(2)22)17(20)6-7-21(18,9-14)19(12)24/h14-19,23-24H,1,4-11H2,2-3H3/t14-,15+,16-,17-,18+,19+,20-,21-/m1/s1. The van der Waals surface area contributed by atoms with Crippen LogP contribution in [-0.4, -0.2) is 35.0 Å². The predicted octanol–water partition coefficient (Wildman–Crippen LogP) is 3.07. The fourth-order valence-corrected chi connectivity index (χ4v) is 7.56. The first kappa shape index (κ1) is 17.5. The molecule has 4 saturated carbocycles. The molecule has 2 bridgehead atoms. The van der Waals surface area contributed by atoms with Crippen LogP contribution in [0.25, 0.3) is 0 Å². The van der Waals surface area contributed by atoms with Crippen molar-refractivity contribution < 1.29 is 19.7 Å². The van der Waals surface area contributed by atoms with Gasteiger partial charge in [-0.05, 0) is 79.6 Å². The van der Waals surface area contributed by atoms with Gasteiger partial charge in [-0.2, -0.15) is 0 Å². The lowest BCUT2D eigenvalue weighted by atomic mass is 9.43. The topological polar surface area (TPSA) is 66.8 Å². The van der Waals surface area contributed by atoms with E-state index in [2.05, 4.69) is 13.5 Å². The van der Waals surface area contributed by atoms with Crippen LogP contribution in [-0.2, 0) is 9.53 Å². The molecule has 8 atom stereocenters. The molecule has 25 heavy (non-hydrogen) atoms. The Hall–Kier alpha value is -0.870. The molecule has 4 aliphatic carbocycles. The van der Waals surface area contributed by atoms with E-state index in [1.54, 1.807) is 0 Å². The van der Waals surface area contributed by atoms with E-state index in [0.717, 1.165) is 50.5 Å². The summed E-state index contributed by atoms with van der Waals surface area (Å²) in [6.45, 7) is 8.42. The Morgan fingerprint density at radius 1 is 1.28 bits per heavy atom. The summed E-state index contributed by atoms with van der Waals surface area (Å²) in [5.41, 5.74) is 1.03. The van der Waals surface area contributed by atoms with Gasteiger partial charge in [0.25, 0.3) is 0 Å². The van der Waals surface area contributed by atoms with Gasteiger partial charge in [-0.15, -0.1) is 0 Å². The first-order valence-corrected chi connectivity index (χ1v) is 9.96. The normalized spacial score (nSPS) is 51.6. The van der Waals surface area contributed by atoms with Crippen molar-refractivity contribution in [1.82, 2.24) is 0 Å². The molecule has 0 amide bonds. The average Bonchev–Trinajstić information content (AvgIpc) is 2.72. The fourth-order valence-electron chi connectivity index (χ4n) is 7.56. The van der Waals surface area contributed by atoms with Crippen molar-refractivity contribution in [3.05, 3.63) is 12.2 Å². The third-order valence-electron chi connectivity index (χ3n) is 8.43. The quantitative estimate of drug-likeness (QED) is 0.594. The van der Waals surface area contributed by atoms with Crippen molar-refractivity contribution in [3.63, 3.8) is 0 Å². The molecule has 140 valence electrons. The molecule has 0 aromatic heterocycles. The fraction of sp³-hybridized carbons (Fsp3) is 0.857. The van der Waals surface area contributed by atoms with Crippen molar-refractivity contribution in [1.29, 1.82) is 0 Å². The minimum absolute atomic E-state index is 0.0112. The lowest BCUT2D eigenvalue weighted by Gasteiger charge is -2.62. The lowest BCUT2D eigenvalue weighted by molar-refractivity contribution is -0.179. The zero-order valence-corrected chi connectivity index (χ0v) is 15.5. The minimum Gasteiger partial charge on any atom is -0.466 e. The van der Waals surface area contributed by atoms with Gasteiger partial charge < -0.3 is 14.9 Å². The molecule has 0 radical (unpaired) electrons. The summed E-state index contributed by atoms with van der Waals surface area (Å²) in [6, 6.07) is 0. The summed E-state index contributed by atoms with van der Waals surface area (Å²) in [7, 11) is 0. The van der Waals surface area contributed by atoms with Gasteiger partial charge in [0.15, 0.2) is 0 Å². The monoisotopic (exact) mass is 348 g/mol. The van der Waals surface area contributed by atoms with Gasteiger partial charge in [-0.1, -0.05) is 13.5 Å². The number of hydrogen-bond acceptors (Lipinski definition) is 4. The van der Waals surface area contributed by atoms with Gasteiger partial charge in [-0.3, -0.25) is 4.79 Å². The third-order valence-corrected chi connectivity index (χ3v) is 8.43. The van der Waals surface area contributed by atoms with Crippen LogP contribution in [0, 0.1) is 34.5 Å². The molecule has 0 unspecified atom stereocenters. The van der Waals surface area contributed by atoms with Crippen LogP contribution < -0.4 is 0 Å². The second-order valence-corrected chi connectivity index (χ2v) is 9.55. The molecule has 4 fully saturated rings. The maximum Gasteiger partial charge on any atom is 0.302 e. The smallest absolute Gasteiger partial charge is 0.302 e. The van der Waals surface area contributed by atoms with Crippen LogP contribution in [0.4, 0.5) is 0 Å². The predicted molar refractivity (Wildman–Crippen MR) is 94.6 cm³/mol. The Kier molecular flexibility index (Phi) is 4.08. The number of esters is 1. The molecule has 0 saturated heterocycles. The molecule has 4 heteroatoms. The second-order valence-electron chi connectivity index (χ2n) is 9.55. The third kappa shape index (κ3) is 2.43. The van der Waals surface area contributed by atoms with Crippen LogP contribution in [0.15, 0.2) is 12.2 Å². The largest absolute Gasteiger partial charge is 0.466 e. The molecule has 0 aromatic rings. The highest BCUT2D eigenvalue weighted by Crippen LogP contribution is 2.70. The first-order valence-electron chi connectivity index (χ1n) is 9.96. The average molecular weight is 348 g/mol. The molecule has 0 aliphatic heterocycles. The number of aliphatic hydroxyl groups is 2. The number of rotatable bonds is 2. The number of carbonyl (C=O) groups is 1. The van der Waals surface area contributed by atoms with Crippen molar-refractivity contribution >= 4 is 5.97 Å². The summed E-state index contributed by atoms with van der Waals surface area (Å²) in [4.78, 5) is 11.3. The van der Waals surface area contributed by atoms with Crippen LogP contribution in [0.1, 0.15) is 58.8 Å². The van der Waals surface area contributed by atoms with Gasteiger partial charge in [-0.25, -0.2) is 0 Å². The summed E-state index contributed by atoms with van der Waals surface area (Å²) < 4.78 is 5.34. The zero-order chi connectivity index (χ0) is 18.0. The SMILES string of the molecule is C=C1[C@@H]2CC[C@H]3[C@]4(C)C[C@H](O)C[C@@H](COC(C)=O)[C@H]4CC[C@]3(C2)[C@H]1O. The van der Waals surface area contributed by atoms with E-state index in [9.17, 15) is 15.0 Å². The van der Waals surface area contributed by atoms with Crippen molar-refractivity contribution in [2.24, 2.45) is 34.5 Å². The highest BCUT2D eigenvalue weighted by atomic mass is 16.5. The number of aliphatic hydroxyl groups excluding tert-OH is 2. The molecule has 1 spiro atoms. The number of hydrogen-bond donors (Lipinski definition) is 2. The molecule has 4 aliphatic rings. The van der Waals surface area contributed by atoms with Crippen LogP contribution >= 0.6 is 0 Å². The van der Waals surface area contributed by atoms with Crippen LogP contribution in [0.3, 0.4) is 0 Å². The van der Waals surface area contributed by atoms with Crippen molar-refractivity contribution in [2.45, 2.75) is 71.0 Å². The highest BCUT2D eigenvalue weighted by Gasteiger charge is 2.65. The van der Waals surface area contributed by atoms with E-state index >= 15 is 0 Å². The molecule has 4 rings (SSSR count). The highest BCUT2D eigenvalue weighted by molar-refractivity contribution is 5.65. The van der Waals surface area contributed by atoms with Crippen LogP contribution in [0.5, 0.6) is 0 Å². The molecule has 4 nitrogen and oxygen atoms in total. The second kappa shape index (κ2) is 5.82. The van der Waals surface area contributed by atoms with E-state index in [1.807, 2.05) is 0 Å². The Labute approximate surface area is 150 Å². The van der Waals surface area contributed by atoms with E-state index in [4.69, 9.17) is 4.74 Å². The Morgan fingerprint density at radius 3 is 2.76 bits per heavy atom. The van der Waals surface area contributed by atoms with E-state index < -0.39 is 0 Å². The minimum atomic E-state index is -0.381. The van der Waals surface area contributed by atoms with Gasteiger partial charge in [0.05, 0.1) is 18.8 Å². The Balaban J connectivity index is 1.66. The maximum atomic E-state index is 11.3. The summed E-state index contributed by atoms with van der Waals surface area (Å²) in [5, 5.41) is 21.6. The molecular weight excluding hydrogens is 316 g/mol. The van der Waals surface area contributed by atoms with Crippen molar-refractivity contribution in [2.75, 3.05) is 6.61 Å². The molecule has 0 aromatic carbocycles. The molecule has 2 N–H and O–H groups in total. The van der Waals surface area contributed by atoms with Gasteiger partial charge in [0.2, 0.25) is 0 Å². The number of fused-ring (bicyclic) bond motifs is 3. The lowest BCUT2D eigenvalue weighted by Crippen LogP contribution is -2.58. The molecule has 0 heterocycles. The summed E-state index contributed by atoms with van der Waals surface area (Å²) >= 11 is 0. The van der Waals surface area contributed by atoms with Gasteiger partial charge >= 0.3 is 5.97 Å². The summed E-state index contributed by atoms with van der Waals surface area (Å²) in [5.74, 6) is 1.37. The number of ether oxygens (including phenoxy) is 1. The van der Waals surface area contributed by atoms with E-state index in [1.165, 1.54) is 6.92 Å². The van der Waals surface area contributed by atoms with Crippen molar-refractivity contribution in [3.8, 4) is 0 Å². The van der Waals surface area contributed by atoms with Gasteiger partial charge in [0, 0.05) is 12.3 Å². The Bertz CT molecular complexity index is 586. The zero-order valence-electron chi connectivity index (χ0n) is 15.5.